The summed E-state index contributed by atoms with van der Waals surface area (Å²) in [6, 6.07) is 37.7. The molecule has 5 rings (SSSR count). The number of nitrogens with one attached hydrogen (secondary N) is 1. The molecule has 7 nitrogen and oxygen atoms in total. The fraction of sp³-hybridized carbons (Fsp3) is 0.297. The lowest BCUT2D eigenvalue weighted by Gasteiger charge is -2.46. The minimum atomic E-state index is -0.653. The van der Waals surface area contributed by atoms with Crippen molar-refractivity contribution in [3.63, 3.8) is 0 Å². The molecule has 1 N–H and O–H groups in total. The average Bonchev–Trinajstić information content (AvgIpc) is 3.08. The van der Waals surface area contributed by atoms with Crippen molar-refractivity contribution in [3.05, 3.63) is 145 Å². The van der Waals surface area contributed by atoms with Crippen molar-refractivity contribution in [1.29, 1.82) is 0 Å². The first-order valence-electron chi connectivity index (χ1n) is 14.9. The largest absolute Gasteiger partial charge is 0.497 e. The molecule has 230 valence electrons. The minimum absolute atomic E-state index is 0.291. The molecule has 0 aliphatic carbocycles. The number of methoxy groups -OCH3 is 1. The van der Waals surface area contributed by atoms with Crippen molar-refractivity contribution in [3.8, 4) is 5.75 Å². The first kappa shape index (κ1) is 31.4. The van der Waals surface area contributed by atoms with E-state index < -0.39 is 30.6 Å². The summed E-state index contributed by atoms with van der Waals surface area (Å²) in [7, 11) is 1.66. The van der Waals surface area contributed by atoms with E-state index in [9.17, 15) is 0 Å². The number of hydrogen-bond acceptors (Lipinski definition) is 7. The second-order valence-electron chi connectivity index (χ2n) is 10.6. The summed E-state index contributed by atoms with van der Waals surface area (Å²) >= 11 is 0. The van der Waals surface area contributed by atoms with Crippen LogP contribution >= 0.6 is 0 Å². The van der Waals surface area contributed by atoms with E-state index in [1.807, 2.05) is 103 Å². The Labute approximate surface area is 260 Å². The summed E-state index contributed by atoms with van der Waals surface area (Å²) in [5, 5.41) is 3.63. The zero-order valence-electron chi connectivity index (χ0n) is 25.1. The lowest BCUT2D eigenvalue weighted by atomic mass is 9.95. The van der Waals surface area contributed by atoms with Gasteiger partial charge in [-0.05, 0) is 41.0 Å². The van der Waals surface area contributed by atoms with Gasteiger partial charge in [0.2, 0.25) is 0 Å². The van der Waals surface area contributed by atoms with Gasteiger partial charge >= 0.3 is 0 Å². The molecule has 0 unspecified atom stereocenters. The Bertz CT molecular complexity index is 1370. The maximum atomic E-state index is 6.75. The van der Waals surface area contributed by atoms with Crippen LogP contribution in [0, 0.1) is 0 Å². The number of anilines is 1. The number of ether oxygens (including phenoxy) is 6. The van der Waals surface area contributed by atoms with Crippen molar-refractivity contribution >= 4 is 5.69 Å². The highest BCUT2D eigenvalue weighted by molar-refractivity contribution is 5.44. The fourth-order valence-corrected chi connectivity index (χ4v) is 5.17. The Morgan fingerprint density at radius 2 is 1.25 bits per heavy atom. The zero-order chi connectivity index (χ0) is 30.4. The van der Waals surface area contributed by atoms with E-state index in [1.54, 1.807) is 13.2 Å². The summed E-state index contributed by atoms with van der Waals surface area (Å²) in [4.78, 5) is 0. The molecular formula is C37H41NO6. The molecule has 0 amide bonds. The molecule has 0 bridgehead atoms. The first-order valence-corrected chi connectivity index (χ1v) is 14.9. The molecule has 0 spiro atoms. The van der Waals surface area contributed by atoms with E-state index in [4.69, 9.17) is 28.4 Å². The second-order valence-corrected chi connectivity index (χ2v) is 10.6. The standard InChI is InChI=1S/C37H41NO6/c1-3-23-41-37-34(38-31-17-11-6-12-18-31)36(43-25-29-15-9-5-10-16-29)35(42-26-30-19-21-32(39-2)22-20-30)33(44-37)27-40-24-28-13-7-4-8-14-28/h3-22,33-38H,1,23-27H2,2H3/t33-,34-,35-,36-,37-/m1/s1. The number of benzene rings is 4. The van der Waals surface area contributed by atoms with Gasteiger partial charge in [0, 0.05) is 5.69 Å². The summed E-state index contributed by atoms with van der Waals surface area (Å²) in [6.07, 6.45) is -0.346. The number of hydrogen-bond donors (Lipinski definition) is 1. The van der Waals surface area contributed by atoms with Crippen LogP contribution in [0.5, 0.6) is 5.75 Å². The molecule has 1 fully saturated rings. The molecular weight excluding hydrogens is 554 g/mol. The molecule has 1 aliphatic rings. The van der Waals surface area contributed by atoms with E-state index in [0.717, 1.165) is 28.1 Å². The van der Waals surface area contributed by atoms with E-state index in [0.29, 0.717) is 33.0 Å². The summed E-state index contributed by atoms with van der Waals surface area (Å²) < 4.78 is 37.9. The van der Waals surface area contributed by atoms with Crippen LogP contribution in [0.4, 0.5) is 5.69 Å². The average molecular weight is 596 g/mol. The van der Waals surface area contributed by atoms with Gasteiger partial charge in [-0.15, -0.1) is 6.58 Å². The van der Waals surface area contributed by atoms with E-state index >= 15 is 0 Å². The molecule has 0 saturated carbocycles. The van der Waals surface area contributed by atoms with Gasteiger partial charge in [0.1, 0.15) is 30.1 Å². The molecule has 0 radical (unpaired) electrons. The van der Waals surface area contributed by atoms with Gasteiger partial charge in [0.05, 0.1) is 40.1 Å². The lowest BCUT2D eigenvalue weighted by molar-refractivity contribution is -0.281. The van der Waals surface area contributed by atoms with Gasteiger partial charge in [-0.25, -0.2) is 0 Å². The van der Waals surface area contributed by atoms with Crippen molar-refractivity contribution in [2.24, 2.45) is 0 Å². The van der Waals surface area contributed by atoms with Crippen LogP contribution in [0.1, 0.15) is 16.7 Å². The van der Waals surface area contributed by atoms with Crippen LogP contribution in [0.25, 0.3) is 0 Å². The lowest BCUT2D eigenvalue weighted by Crippen LogP contribution is -2.63. The van der Waals surface area contributed by atoms with E-state index in [2.05, 4.69) is 24.0 Å². The van der Waals surface area contributed by atoms with E-state index in [1.165, 1.54) is 0 Å². The molecule has 7 heteroatoms. The normalized spacial score (nSPS) is 21.4. The Hall–Kier alpha value is -3.98. The molecule has 1 aliphatic heterocycles. The fourth-order valence-electron chi connectivity index (χ4n) is 5.17. The quantitative estimate of drug-likeness (QED) is 0.143. The van der Waals surface area contributed by atoms with E-state index in [-0.39, 0.29) is 0 Å². The highest BCUT2D eigenvalue weighted by atomic mass is 16.7. The maximum absolute atomic E-state index is 6.75. The summed E-state index contributed by atoms with van der Waals surface area (Å²) in [5.41, 5.74) is 4.08. The highest BCUT2D eigenvalue weighted by Crippen LogP contribution is 2.31. The van der Waals surface area contributed by atoms with Crippen LogP contribution in [0.2, 0.25) is 0 Å². The second kappa shape index (κ2) is 16.8. The number of para-hydroxylation sites is 1. The predicted molar refractivity (Wildman–Crippen MR) is 171 cm³/mol. The van der Waals surface area contributed by atoms with Gasteiger partial charge in [-0.2, -0.15) is 0 Å². The first-order chi connectivity index (χ1) is 21.7. The van der Waals surface area contributed by atoms with Crippen molar-refractivity contribution < 1.29 is 28.4 Å². The van der Waals surface area contributed by atoms with Crippen molar-refractivity contribution in [2.75, 3.05) is 25.6 Å². The Kier molecular flexibility index (Phi) is 12.0. The van der Waals surface area contributed by atoms with Crippen LogP contribution in [-0.4, -0.2) is 51.0 Å². The Morgan fingerprint density at radius 3 is 1.86 bits per heavy atom. The van der Waals surface area contributed by atoms with Gasteiger partial charge in [0.25, 0.3) is 0 Å². The van der Waals surface area contributed by atoms with Crippen LogP contribution in [0.3, 0.4) is 0 Å². The molecule has 5 atom stereocenters. The van der Waals surface area contributed by atoms with Gasteiger partial charge in [-0.1, -0.05) is 97.1 Å². The third-order valence-electron chi connectivity index (χ3n) is 7.41. The SMILES string of the molecule is C=CCO[C@@H]1O[C@H](COCc2ccccc2)[C@@H](OCc2ccc(OC)cc2)[C@H](OCc2ccccc2)[C@H]1Nc1ccccc1. The van der Waals surface area contributed by atoms with Gasteiger partial charge in [0.15, 0.2) is 6.29 Å². The predicted octanol–water partition coefficient (Wildman–Crippen LogP) is 6.79. The molecule has 4 aromatic rings. The Morgan fingerprint density at radius 1 is 0.682 bits per heavy atom. The van der Waals surface area contributed by atoms with Crippen LogP contribution in [0.15, 0.2) is 128 Å². The topological polar surface area (TPSA) is 67.4 Å². The Balaban J connectivity index is 1.44. The third kappa shape index (κ3) is 9.02. The summed E-state index contributed by atoms with van der Waals surface area (Å²) in [6.45, 7) is 5.66. The maximum Gasteiger partial charge on any atom is 0.181 e. The number of rotatable bonds is 16. The summed E-state index contributed by atoms with van der Waals surface area (Å²) in [5.74, 6) is 0.792. The van der Waals surface area contributed by atoms with Gasteiger partial charge < -0.3 is 33.7 Å². The van der Waals surface area contributed by atoms with Crippen molar-refractivity contribution in [1.82, 2.24) is 0 Å². The highest BCUT2D eigenvalue weighted by Gasteiger charge is 2.48. The monoisotopic (exact) mass is 595 g/mol. The van der Waals surface area contributed by atoms with Gasteiger partial charge in [-0.3, -0.25) is 0 Å². The molecule has 1 heterocycles. The molecule has 44 heavy (non-hydrogen) atoms. The van der Waals surface area contributed by atoms with Crippen molar-refractivity contribution in [2.45, 2.75) is 50.5 Å². The smallest absolute Gasteiger partial charge is 0.181 e. The molecule has 4 aromatic carbocycles. The minimum Gasteiger partial charge on any atom is -0.497 e. The molecule has 0 aromatic heterocycles. The van der Waals surface area contributed by atoms with Crippen LogP contribution in [-0.2, 0) is 43.5 Å². The third-order valence-corrected chi connectivity index (χ3v) is 7.41. The zero-order valence-corrected chi connectivity index (χ0v) is 25.1. The van der Waals surface area contributed by atoms with Crippen LogP contribution < -0.4 is 10.1 Å². The molecule has 1 saturated heterocycles.